The molecule has 1 amide bonds. The number of benzene rings is 1. The van der Waals surface area contributed by atoms with Crippen molar-refractivity contribution < 1.29 is 14.4 Å². The van der Waals surface area contributed by atoms with Gasteiger partial charge in [0.15, 0.2) is 0 Å². The molecule has 0 unspecified atom stereocenters. The Balaban J connectivity index is 2.64. The maximum Gasteiger partial charge on any atom is 0.251 e. The van der Waals surface area contributed by atoms with E-state index in [9.17, 15) is 9.18 Å². The molecule has 5 nitrogen and oxygen atoms in total. The molecule has 0 saturated heterocycles. The number of nitrogens with zero attached hydrogens (tertiary/aromatic N) is 1. The summed E-state index contributed by atoms with van der Waals surface area (Å²) in [5, 5.41) is 14.1. The highest BCUT2D eigenvalue weighted by molar-refractivity contribution is 5.94. The summed E-state index contributed by atoms with van der Waals surface area (Å²) < 4.78 is 12.7. The Labute approximate surface area is 104 Å². The summed E-state index contributed by atoms with van der Waals surface area (Å²) >= 11 is 0. The first kappa shape index (κ1) is 14.0. The monoisotopic (exact) mass is 253 g/mol. The van der Waals surface area contributed by atoms with E-state index in [1.165, 1.54) is 24.3 Å². The first-order valence-electron chi connectivity index (χ1n) is 5.38. The van der Waals surface area contributed by atoms with E-state index in [4.69, 9.17) is 10.9 Å². The number of carbonyl (C=O) groups is 1. The summed E-state index contributed by atoms with van der Waals surface area (Å²) in [6, 6.07) is 5.20. The Morgan fingerprint density at radius 3 is 2.50 bits per heavy atom. The summed E-state index contributed by atoms with van der Waals surface area (Å²) in [5.41, 5.74) is 5.19. The molecule has 4 N–H and O–H groups in total. The fourth-order valence-electron chi connectivity index (χ4n) is 1.23. The van der Waals surface area contributed by atoms with Crippen LogP contribution in [0.4, 0.5) is 4.39 Å². The van der Waals surface area contributed by atoms with Gasteiger partial charge in [-0.1, -0.05) is 19.0 Å². The topological polar surface area (TPSA) is 87.7 Å². The Morgan fingerprint density at radius 1 is 1.44 bits per heavy atom. The molecule has 1 aromatic carbocycles. The van der Waals surface area contributed by atoms with Crippen LogP contribution in [-0.2, 0) is 0 Å². The van der Waals surface area contributed by atoms with Crippen LogP contribution in [-0.4, -0.2) is 23.5 Å². The molecule has 0 aliphatic heterocycles. The third-order valence-electron chi connectivity index (χ3n) is 2.60. The van der Waals surface area contributed by atoms with Gasteiger partial charge in [-0.2, -0.15) is 0 Å². The van der Waals surface area contributed by atoms with E-state index < -0.39 is 11.2 Å². The van der Waals surface area contributed by atoms with Gasteiger partial charge in [-0.3, -0.25) is 4.79 Å². The number of oxime groups is 1. The largest absolute Gasteiger partial charge is 0.409 e. The highest BCUT2D eigenvalue weighted by Gasteiger charge is 2.24. The fourth-order valence-corrected chi connectivity index (χ4v) is 1.23. The maximum absolute atomic E-state index is 12.7. The molecule has 0 aromatic heterocycles. The highest BCUT2D eigenvalue weighted by atomic mass is 19.1. The lowest BCUT2D eigenvalue weighted by atomic mass is 9.92. The summed E-state index contributed by atoms with van der Waals surface area (Å²) in [5.74, 6) is -0.709. The molecular formula is C12H16FN3O2. The number of amidine groups is 1. The minimum absolute atomic E-state index is 0.0295. The van der Waals surface area contributed by atoms with Gasteiger partial charge in [0.2, 0.25) is 0 Å². The second kappa shape index (κ2) is 5.48. The molecule has 0 fully saturated rings. The zero-order valence-corrected chi connectivity index (χ0v) is 10.3. The van der Waals surface area contributed by atoms with Crippen molar-refractivity contribution in [3.63, 3.8) is 0 Å². The van der Waals surface area contributed by atoms with Crippen molar-refractivity contribution in [1.29, 1.82) is 0 Å². The van der Waals surface area contributed by atoms with Crippen molar-refractivity contribution in [3.05, 3.63) is 35.6 Å². The van der Waals surface area contributed by atoms with E-state index >= 15 is 0 Å². The van der Waals surface area contributed by atoms with E-state index in [1.807, 2.05) is 0 Å². The van der Waals surface area contributed by atoms with Gasteiger partial charge in [0.25, 0.3) is 5.91 Å². The Kier molecular flexibility index (Phi) is 4.25. The normalized spacial score (nSPS) is 12.3. The molecule has 0 aliphatic rings. The number of nitrogens with two attached hydrogens (primary N) is 1. The molecule has 0 spiro atoms. The number of halogens is 1. The standard InChI is InChI=1S/C12H16FN3O2/c1-12(2,11(14)16-18)7-15-10(17)8-3-5-9(13)6-4-8/h3-6,18H,7H2,1-2H3,(H2,14,16)(H,15,17). The van der Waals surface area contributed by atoms with Crippen LogP contribution in [0.3, 0.4) is 0 Å². The number of hydrogen-bond acceptors (Lipinski definition) is 3. The van der Waals surface area contributed by atoms with E-state index in [-0.39, 0.29) is 18.3 Å². The van der Waals surface area contributed by atoms with Gasteiger partial charge >= 0.3 is 0 Å². The molecule has 0 bridgehead atoms. The van der Waals surface area contributed by atoms with Crippen LogP contribution in [0.15, 0.2) is 29.4 Å². The minimum atomic E-state index is -0.662. The second-order valence-corrected chi connectivity index (χ2v) is 4.56. The van der Waals surface area contributed by atoms with Gasteiger partial charge in [0.05, 0.1) is 0 Å². The summed E-state index contributed by atoms with van der Waals surface area (Å²) in [4.78, 5) is 11.7. The molecule has 1 aromatic rings. The van der Waals surface area contributed by atoms with Crippen molar-refractivity contribution >= 4 is 11.7 Å². The van der Waals surface area contributed by atoms with E-state index in [1.54, 1.807) is 13.8 Å². The number of nitrogens with one attached hydrogen (secondary N) is 1. The van der Waals surface area contributed by atoms with E-state index in [0.29, 0.717) is 5.56 Å². The number of carbonyl (C=O) groups excluding carboxylic acids is 1. The van der Waals surface area contributed by atoms with Gasteiger partial charge < -0.3 is 16.3 Å². The average molecular weight is 253 g/mol. The van der Waals surface area contributed by atoms with E-state index in [2.05, 4.69) is 10.5 Å². The maximum atomic E-state index is 12.7. The number of rotatable bonds is 4. The third-order valence-corrected chi connectivity index (χ3v) is 2.60. The van der Waals surface area contributed by atoms with Crippen molar-refractivity contribution in [2.24, 2.45) is 16.3 Å². The predicted molar refractivity (Wildman–Crippen MR) is 65.9 cm³/mol. The van der Waals surface area contributed by atoms with Gasteiger partial charge in [0, 0.05) is 17.5 Å². The number of amides is 1. The molecule has 0 heterocycles. The Morgan fingerprint density at radius 2 is 2.00 bits per heavy atom. The lowest BCUT2D eigenvalue weighted by Crippen LogP contribution is -2.42. The average Bonchev–Trinajstić information content (AvgIpc) is 2.35. The first-order valence-corrected chi connectivity index (χ1v) is 5.38. The second-order valence-electron chi connectivity index (χ2n) is 4.56. The molecule has 0 aliphatic carbocycles. The molecule has 6 heteroatoms. The van der Waals surface area contributed by atoms with Gasteiger partial charge in [-0.15, -0.1) is 0 Å². The predicted octanol–water partition coefficient (Wildman–Crippen LogP) is 1.33. The zero-order chi connectivity index (χ0) is 13.8. The van der Waals surface area contributed by atoms with E-state index in [0.717, 1.165) is 0 Å². The fraction of sp³-hybridized carbons (Fsp3) is 0.333. The molecule has 0 radical (unpaired) electrons. The van der Waals surface area contributed by atoms with Crippen molar-refractivity contribution in [2.75, 3.05) is 6.54 Å². The minimum Gasteiger partial charge on any atom is -0.409 e. The van der Waals surface area contributed by atoms with Crippen molar-refractivity contribution in [2.45, 2.75) is 13.8 Å². The number of hydrogen-bond donors (Lipinski definition) is 3. The van der Waals surface area contributed by atoms with Crippen molar-refractivity contribution in [3.8, 4) is 0 Å². The quantitative estimate of drug-likeness (QED) is 0.327. The van der Waals surface area contributed by atoms with Crippen LogP contribution < -0.4 is 11.1 Å². The molecular weight excluding hydrogens is 237 g/mol. The molecule has 0 atom stereocenters. The van der Waals surface area contributed by atoms with Gasteiger partial charge in [-0.05, 0) is 24.3 Å². The summed E-state index contributed by atoms with van der Waals surface area (Å²) in [6.07, 6.45) is 0. The first-order chi connectivity index (χ1) is 8.36. The van der Waals surface area contributed by atoms with Crippen LogP contribution in [0.5, 0.6) is 0 Å². The summed E-state index contributed by atoms with van der Waals surface area (Å²) in [6.45, 7) is 3.67. The van der Waals surface area contributed by atoms with Crippen LogP contribution >= 0.6 is 0 Å². The van der Waals surface area contributed by atoms with Crippen LogP contribution in [0.2, 0.25) is 0 Å². The molecule has 1 rings (SSSR count). The highest BCUT2D eigenvalue weighted by Crippen LogP contribution is 2.13. The zero-order valence-electron chi connectivity index (χ0n) is 10.3. The van der Waals surface area contributed by atoms with Crippen LogP contribution in [0.25, 0.3) is 0 Å². The third kappa shape index (κ3) is 3.44. The molecule has 18 heavy (non-hydrogen) atoms. The van der Waals surface area contributed by atoms with Gasteiger partial charge in [0.1, 0.15) is 11.7 Å². The van der Waals surface area contributed by atoms with Crippen molar-refractivity contribution in [1.82, 2.24) is 5.32 Å². The summed E-state index contributed by atoms with van der Waals surface area (Å²) in [7, 11) is 0. The Bertz CT molecular complexity index is 455. The molecule has 0 saturated carbocycles. The Hall–Kier alpha value is -2.11. The van der Waals surface area contributed by atoms with Gasteiger partial charge in [-0.25, -0.2) is 4.39 Å². The van der Waals surface area contributed by atoms with Crippen LogP contribution in [0.1, 0.15) is 24.2 Å². The smallest absolute Gasteiger partial charge is 0.251 e. The SMILES string of the molecule is CC(C)(CNC(=O)c1ccc(F)cc1)/C(N)=N/O. The lowest BCUT2D eigenvalue weighted by Gasteiger charge is -2.23. The van der Waals surface area contributed by atoms with Crippen LogP contribution in [0, 0.1) is 11.2 Å². The molecule has 98 valence electrons. The lowest BCUT2D eigenvalue weighted by molar-refractivity contribution is 0.0944.